The van der Waals surface area contributed by atoms with Crippen LogP contribution in [-0.2, 0) is 4.79 Å². The van der Waals surface area contributed by atoms with Gasteiger partial charge in [0.1, 0.15) is 0 Å². The van der Waals surface area contributed by atoms with Crippen molar-refractivity contribution in [2.75, 3.05) is 0 Å². The van der Waals surface area contributed by atoms with Crippen molar-refractivity contribution in [2.45, 2.75) is 33.1 Å². The molecule has 0 aliphatic heterocycles. The number of carboxylic acid groups (broad SMARTS) is 1. The Morgan fingerprint density at radius 3 is 2.60 bits per heavy atom. The molecule has 1 aromatic rings. The molecule has 0 bridgehead atoms. The van der Waals surface area contributed by atoms with E-state index in [4.69, 9.17) is 5.11 Å². The first kappa shape index (κ1) is 12.2. The highest BCUT2D eigenvalue weighted by Crippen LogP contribution is 2.29. The summed E-state index contributed by atoms with van der Waals surface area (Å²) in [6.45, 7) is 5.97. The van der Waals surface area contributed by atoms with E-state index in [1.165, 1.54) is 0 Å². The summed E-state index contributed by atoms with van der Waals surface area (Å²) < 4.78 is 1.05. The van der Waals surface area contributed by atoms with Crippen LogP contribution in [0.5, 0.6) is 0 Å². The third-order valence-corrected chi connectivity index (χ3v) is 3.36. The van der Waals surface area contributed by atoms with Crippen molar-refractivity contribution < 1.29 is 9.90 Å². The molecule has 2 nitrogen and oxygen atoms in total. The lowest BCUT2D eigenvalue weighted by Crippen LogP contribution is -2.05. The molecule has 0 spiro atoms. The zero-order chi connectivity index (χ0) is 11.6. The third-order valence-electron chi connectivity index (χ3n) is 2.54. The minimum Gasteiger partial charge on any atom is -0.481 e. The summed E-state index contributed by atoms with van der Waals surface area (Å²) in [6, 6.07) is 4.11. The van der Waals surface area contributed by atoms with Crippen molar-refractivity contribution in [3.63, 3.8) is 0 Å². The summed E-state index contributed by atoms with van der Waals surface area (Å²) in [7, 11) is 0. The lowest BCUT2D eigenvalue weighted by molar-refractivity contribution is -0.137. The van der Waals surface area contributed by atoms with Gasteiger partial charge in [0, 0.05) is 4.47 Å². The fourth-order valence-electron chi connectivity index (χ4n) is 1.72. The van der Waals surface area contributed by atoms with E-state index in [-0.39, 0.29) is 12.3 Å². The Morgan fingerprint density at radius 2 is 2.07 bits per heavy atom. The van der Waals surface area contributed by atoms with Gasteiger partial charge in [-0.25, -0.2) is 0 Å². The monoisotopic (exact) mass is 270 g/mol. The molecular formula is C12H15BrO2. The van der Waals surface area contributed by atoms with Crippen molar-refractivity contribution in [3.05, 3.63) is 33.3 Å². The first-order valence-corrected chi connectivity index (χ1v) is 5.69. The van der Waals surface area contributed by atoms with Gasteiger partial charge in [0.2, 0.25) is 0 Å². The van der Waals surface area contributed by atoms with Crippen LogP contribution in [0, 0.1) is 13.8 Å². The van der Waals surface area contributed by atoms with E-state index in [0.717, 1.165) is 21.2 Å². The smallest absolute Gasteiger partial charge is 0.303 e. The number of rotatable bonds is 3. The first-order chi connectivity index (χ1) is 6.91. The van der Waals surface area contributed by atoms with Crippen molar-refractivity contribution in [1.82, 2.24) is 0 Å². The molecule has 0 aromatic heterocycles. The highest BCUT2D eigenvalue weighted by Gasteiger charge is 2.14. The van der Waals surface area contributed by atoms with E-state index in [0.29, 0.717) is 0 Å². The topological polar surface area (TPSA) is 37.3 Å². The van der Waals surface area contributed by atoms with Gasteiger partial charge in [0.15, 0.2) is 0 Å². The summed E-state index contributed by atoms with van der Waals surface area (Å²) >= 11 is 3.48. The summed E-state index contributed by atoms with van der Waals surface area (Å²) in [4.78, 5) is 10.7. The number of halogens is 1. The molecule has 1 aromatic carbocycles. The fraction of sp³-hybridized carbons (Fsp3) is 0.417. The fourth-order valence-corrected chi connectivity index (χ4v) is 2.31. The summed E-state index contributed by atoms with van der Waals surface area (Å²) in [6.07, 6.45) is 0.177. The highest BCUT2D eigenvalue weighted by atomic mass is 79.9. The number of carboxylic acids is 1. The van der Waals surface area contributed by atoms with Gasteiger partial charge in [-0.3, -0.25) is 4.79 Å². The molecule has 0 saturated heterocycles. The van der Waals surface area contributed by atoms with Gasteiger partial charge in [-0.2, -0.15) is 0 Å². The molecule has 0 fully saturated rings. The van der Waals surface area contributed by atoms with Crippen LogP contribution < -0.4 is 0 Å². The number of aliphatic carboxylic acids is 1. The minimum absolute atomic E-state index is 0.0544. The molecule has 0 saturated carbocycles. The Hall–Kier alpha value is -0.830. The molecule has 0 heterocycles. The summed E-state index contributed by atoms with van der Waals surface area (Å²) in [5, 5.41) is 8.76. The molecule has 0 amide bonds. The maximum absolute atomic E-state index is 10.7. The van der Waals surface area contributed by atoms with E-state index in [1.807, 2.05) is 26.8 Å². The molecule has 1 unspecified atom stereocenters. The van der Waals surface area contributed by atoms with Crippen LogP contribution in [0.4, 0.5) is 0 Å². The predicted octanol–water partition coefficient (Wildman–Crippen LogP) is 3.64. The second-order valence-corrected chi connectivity index (χ2v) is 4.81. The Bertz CT molecular complexity index is 385. The number of hydrogen-bond donors (Lipinski definition) is 1. The van der Waals surface area contributed by atoms with E-state index < -0.39 is 5.97 Å². The zero-order valence-electron chi connectivity index (χ0n) is 9.17. The van der Waals surface area contributed by atoms with Gasteiger partial charge < -0.3 is 5.11 Å². The molecule has 82 valence electrons. The Balaban J connectivity index is 3.07. The SMILES string of the molecule is Cc1cc(Br)c(C)c(C(C)CC(=O)O)c1. The molecule has 0 radical (unpaired) electrons. The lowest BCUT2D eigenvalue weighted by Gasteiger charge is -2.15. The second-order valence-electron chi connectivity index (χ2n) is 3.96. The Labute approximate surface area is 98.4 Å². The maximum atomic E-state index is 10.7. The van der Waals surface area contributed by atoms with Crippen molar-refractivity contribution in [2.24, 2.45) is 0 Å². The molecule has 0 aliphatic carbocycles. The average Bonchev–Trinajstić information content (AvgIpc) is 2.09. The predicted molar refractivity (Wildman–Crippen MR) is 64.3 cm³/mol. The zero-order valence-corrected chi connectivity index (χ0v) is 10.8. The molecule has 3 heteroatoms. The molecule has 15 heavy (non-hydrogen) atoms. The number of aryl methyl sites for hydroxylation is 1. The van der Waals surface area contributed by atoms with E-state index >= 15 is 0 Å². The van der Waals surface area contributed by atoms with Gasteiger partial charge >= 0.3 is 5.97 Å². The Kier molecular flexibility index (Phi) is 3.91. The molecule has 1 atom stereocenters. The van der Waals surface area contributed by atoms with E-state index in [9.17, 15) is 4.79 Å². The quantitative estimate of drug-likeness (QED) is 0.911. The van der Waals surface area contributed by atoms with Crippen LogP contribution in [-0.4, -0.2) is 11.1 Å². The van der Waals surface area contributed by atoms with E-state index in [1.54, 1.807) is 0 Å². The van der Waals surface area contributed by atoms with Crippen LogP contribution in [0.2, 0.25) is 0 Å². The molecular weight excluding hydrogens is 256 g/mol. The lowest BCUT2D eigenvalue weighted by atomic mass is 9.92. The molecule has 1 rings (SSSR count). The van der Waals surface area contributed by atoms with Gasteiger partial charge in [0.25, 0.3) is 0 Å². The van der Waals surface area contributed by atoms with Gasteiger partial charge in [0.05, 0.1) is 6.42 Å². The van der Waals surface area contributed by atoms with Gasteiger partial charge in [-0.15, -0.1) is 0 Å². The average molecular weight is 271 g/mol. The summed E-state index contributed by atoms with van der Waals surface area (Å²) in [5.41, 5.74) is 3.40. The van der Waals surface area contributed by atoms with Gasteiger partial charge in [-0.1, -0.05) is 28.9 Å². The maximum Gasteiger partial charge on any atom is 0.303 e. The summed E-state index contributed by atoms with van der Waals surface area (Å²) in [5.74, 6) is -0.696. The standard InChI is InChI=1S/C12H15BrO2/c1-7-4-10(8(2)6-12(14)15)9(3)11(13)5-7/h4-5,8H,6H2,1-3H3,(H,14,15). The first-order valence-electron chi connectivity index (χ1n) is 4.90. The minimum atomic E-state index is -0.750. The number of carbonyl (C=O) groups is 1. The van der Waals surface area contributed by atoms with Crippen LogP contribution in [0.3, 0.4) is 0 Å². The van der Waals surface area contributed by atoms with Crippen molar-refractivity contribution in [3.8, 4) is 0 Å². The highest BCUT2D eigenvalue weighted by molar-refractivity contribution is 9.10. The van der Waals surface area contributed by atoms with Crippen molar-refractivity contribution in [1.29, 1.82) is 0 Å². The molecule has 1 N–H and O–H groups in total. The van der Waals surface area contributed by atoms with Crippen LogP contribution in [0.1, 0.15) is 36.0 Å². The number of benzene rings is 1. The normalized spacial score (nSPS) is 12.5. The largest absolute Gasteiger partial charge is 0.481 e. The van der Waals surface area contributed by atoms with Crippen LogP contribution in [0.15, 0.2) is 16.6 Å². The van der Waals surface area contributed by atoms with Crippen LogP contribution in [0.25, 0.3) is 0 Å². The van der Waals surface area contributed by atoms with Gasteiger partial charge in [-0.05, 0) is 42.5 Å². The van der Waals surface area contributed by atoms with Crippen molar-refractivity contribution >= 4 is 21.9 Å². The third kappa shape index (κ3) is 3.06. The van der Waals surface area contributed by atoms with Crippen LogP contribution >= 0.6 is 15.9 Å². The Morgan fingerprint density at radius 1 is 1.47 bits per heavy atom. The number of hydrogen-bond acceptors (Lipinski definition) is 1. The second kappa shape index (κ2) is 4.79. The van der Waals surface area contributed by atoms with E-state index in [2.05, 4.69) is 22.0 Å². The molecule has 0 aliphatic rings.